The van der Waals surface area contributed by atoms with E-state index in [1.54, 1.807) is 0 Å². The average molecular weight is 296 g/mol. The summed E-state index contributed by atoms with van der Waals surface area (Å²) in [4.78, 5) is 14.6. The first-order valence-corrected chi connectivity index (χ1v) is 6.42. The lowest BCUT2D eigenvalue weighted by Crippen LogP contribution is -2.05. The number of nitrogens with one attached hydrogen (secondary N) is 1. The molecule has 0 saturated heterocycles. The minimum Gasteiger partial charge on any atom is -0.466 e. The van der Waals surface area contributed by atoms with Crippen molar-refractivity contribution in [2.75, 3.05) is 6.61 Å². The van der Waals surface area contributed by atoms with Crippen LogP contribution in [0.4, 0.5) is 0 Å². The molecule has 0 bridgehead atoms. The van der Waals surface area contributed by atoms with Gasteiger partial charge in [0.25, 0.3) is 0 Å². The molecule has 0 aliphatic rings. The second kappa shape index (κ2) is 5.36. The van der Waals surface area contributed by atoms with Gasteiger partial charge in [-0.15, -0.1) is 0 Å². The van der Waals surface area contributed by atoms with E-state index in [0.717, 1.165) is 21.1 Å². The monoisotopic (exact) mass is 295 g/mol. The number of aromatic amines is 1. The van der Waals surface area contributed by atoms with Gasteiger partial charge in [-0.05, 0) is 40.9 Å². The van der Waals surface area contributed by atoms with E-state index in [2.05, 4.69) is 27.0 Å². The van der Waals surface area contributed by atoms with Crippen molar-refractivity contribution in [2.45, 2.75) is 19.8 Å². The van der Waals surface area contributed by atoms with E-state index in [0.29, 0.717) is 19.4 Å². The minimum atomic E-state index is -0.148. The zero-order chi connectivity index (χ0) is 12.3. The van der Waals surface area contributed by atoms with Crippen molar-refractivity contribution in [3.63, 3.8) is 0 Å². The maximum atomic E-state index is 11.3. The molecule has 1 aromatic carbocycles. The Morgan fingerprint density at radius 1 is 1.41 bits per heavy atom. The number of rotatable bonds is 4. The predicted molar refractivity (Wildman–Crippen MR) is 71.0 cm³/mol. The van der Waals surface area contributed by atoms with Gasteiger partial charge in [0.2, 0.25) is 0 Å². The number of hydrogen-bond acceptors (Lipinski definition) is 2. The molecule has 0 saturated carbocycles. The molecule has 0 aliphatic heterocycles. The number of aryl methyl sites for hydroxylation is 1. The summed E-state index contributed by atoms with van der Waals surface area (Å²) < 4.78 is 5.87. The maximum absolute atomic E-state index is 11.3. The van der Waals surface area contributed by atoms with Gasteiger partial charge in [0.05, 0.1) is 11.2 Å². The Hall–Kier alpha value is -1.29. The van der Waals surface area contributed by atoms with Crippen LogP contribution in [0.15, 0.2) is 28.9 Å². The van der Waals surface area contributed by atoms with Gasteiger partial charge in [0.15, 0.2) is 0 Å². The fourth-order valence-electron chi connectivity index (χ4n) is 1.87. The lowest BCUT2D eigenvalue weighted by molar-refractivity contribution is -0.143. The SMILES string of the molecule is CCOC(=O)CCc1c(Br)[nH]c2ccccc12. The third kappa shape index (κ3) is 2.69. The molecule has 0 unspecified atom stereocenters. The van der Waals surface area contributed by atoms with Crippen LogP contribution in [0.5, 0.6) is 0 Å². The van der Waals surface area contributed by atoms with Crippen LogP contribution >= 0.6 is 15.9 Å². The van der Waals surface area contributed by atoms with Crippen LogP contribution in [0.1, 0.15) is 18.9 Å². The van der Waals surface area contributed by atoms with Crippen molar-refractivity contribution < 1.29 is 9.53 Å². The molecule has 2 rings (SSSR count). The second-order valence-corrected chi connectivity index (χ2v) is 4.56. The van der Waals surface area contributed by atoms with Crippen LogP contribution in [0.2, 0.25) is 0 Å². The molecule has 1 N–H and O–H groups in total. The predicted octanol–water partition coefficient (Wildman–Crippen LogP) is 3.43. The Kier molecular flexibility index (Phi) is 3.84. The first kappa shape index (κ1) is 12.2. The van der Waals surface area contributed by atoms with Gasteiger partial charge in [0, 0.05) is 17.3 Å². The molecule has 0 aliphatic carbocycles. The summed E-state index contributed by atoms with van der Waals surface area (Å²) in [5.74, 6) is -0.148. The quantitative estimate of drug-likeness (QED) is 0.878. The molecule has 4 heteroatoms. The molecular weight excluding hydrogens is 282 g/mol. The Morgan fingerprint density at radius 2 is 2.18 bits per heavy atom. The maximum Gasteiger partial charge on any atom is 0.306 e. The molecular formula is C13H14BrNO2. The lowest BCUT2D eigenvalue weighted by atomic mass is 10.1. The molecule has 0 amide bonds. The van der Waals surface area contributed by atoms with Gasteiger partial charge in [-0.25, -0.2) is 0 Å². The van der Waals surface area contributed by atoms with Gasteiger partial charge in [-0.1, -0.05) is 18.2 Å². The fraction of sp³-hybridized carbons (Fsp3) is 0.308. The zero-order valence-electron chi connectivity index (χ0n) is 9.63. The van der Waals surface area contributed by atoms with Gasteiger partial charge in [-0.2, -0.15) is 0 Å². The van der Waals surface area contributed by atoms with Crippen LogP contribution in [-0.2, 0) is 16.0 Å². The van der Waals surface area contributed by atoms with E-state index < -0.39 is 0 Å². The highest BCUT2D eigenvalue weighted by atomic mass is 79.9. The third-order valence-electron chi connectivity index (χ3n) is 2.65. The summed E-state index contributed by atoms with van der Waals surface area (Å²) in [5, 5.41) is 1.16. The Bertz CT molecular complexity index is 533. The number of para-hydroxylation sites is 1. The molecule has 1 heterocycles. The standard InChI is InChI=1S/C13H14BrNO2/c1-2-17-12(16)8-7-10-9-5-3-4-6-11(9)15-13(10)14/h3-6,15H,2,7-8H2,1H3. The molecule has 0 spiro atoms. The van der Waals surface area contributed by atoms with E-state index in [9.17, 15) is 4.79 Å². The summed E-state index contributed by atoms with van der Waals surface area (Å²) in [5.41, 5.74) is 2.21. The van der Waals surface area contributed by atoms with Gasteiger partial charge in [-0.3, -0.25) is 4.79 Å². The topological polar surface area (TPSA) is 42.1 Å². The van der Waals surface area contributed by atoms with Crippen LogP contribution < -0.4 is 0 Å². The Labute approximate surface area is 108 Å². The summed E-state index contributed by atoms with van der Waals surface area (Å²) in [6, 6.07) is 8.06. The molecule has 3 nitrogen and oxygen atoms in total. The molecule has 0 atom stereocenters. The van der Waals surface area contributed by atoms with E-state index in [-0.39, 0.29) is 5.97 Å². The summed E-state index contributed by atoms with van der Waals surface area (Å²) in [6.45, 7) is 2.26. The molecule has 90 valence electrons. The number of aromatic nitrogens is 1. The van der Waals surface area contributed by atoms with Crippen LogP contribution in [-0.4, -0.2) is 17.6 Å². The Balaban J connectivity index is 2.18. The van der Waals surface area contributed by atoms with Gasteiger partial charge in [0.1, 0.15) is 0 Å². The van der Waals surface area contributed by atoms with E-state index >= 15 is 0 Å². The fourth-order valence-corrected chi connectivity index (χ4v) is 2.50. The molecule has 0 radical (unpaired) electrons. The van der Waals surface area contributed by atoms with Crippen molar-refractivity contribution >= 4 is 32.8 Å². The highest BCUT2D eigenvalue weighted by Crippen LogP contribution is 2.27. The number of carbonyl (C=O) groups excluding carboxylic acids is 1. The van der Waals surface area contributed by atoms with Crippen LogP contribution in [0, 0.1) is 0 Å². The zero-order valence-corrected chi connectivity index (χ0v) is 11.2. The number of benzene rings is 1. The van der Waals surface area contributed by atoms with Crippen LogP contribution in [0.25, 0.3) is 10.9 Å². The van der Waals surface area contributed by atoms with E-state index in [4.69, 9.17) is 4.74 Å². The number of H-pyrrole nitrogens is 1. The number of esters is 1. The molecule has 1 aromatic heterocycles. The van der Waals surface area contributed by atoms with Crippen molar-refractivity contribution in [1.29, 1.82) is 0 Å². The third-order valence-corrected chi connectivity index (χ3v) is 3.32. The van der Waals surface area contributed by atoms with E-state index in [1.807, 2.05) is 25.1 Å². The van der Waals surface area contributed by atoms with Crippen molar-refractivity contribution in [1.82, 2.24) is 4.98 Å². The number of fused-ring (bicyclic) bond motifs is 1. The normalized spacial score (nSPS) is 10.7. The number of hydrogen-bond donors (Lipinski definition) is 1. The second-order valence-electron chi connectivity index (χ2n) is 3.77. The van der Waals surface area contributed by atoms with Crippen LogP contribution in [0.3, 0.4) is 0 Å². The highest BCUT2D eigenvalue weighted by molar-refractivity contribution is 9.10. The Morgan fingerprint density at radius 3 is 2.94 bits per heavy atom. The van der Waals surface area contributed by atoms with Gasteiger partial charge < -0.3 is 9.72 Å². The minimum absolute atomic E-state index is 0.148. The summed E-state index contributed by atoms with van der Waals surface area (Å²) in [6.07, 6.45) is 1.09. The van der Waals surface area contributed by atoms with Crippen molar-refractivity contribution in [3.8, 4) is 0 Å². The highest BCUT2D eigenvalue weighted by Gasteiger charge is 2.11. The average Bonchev–Trinajstić information content (AvgIpc) is 2.62. The molecule has 0 fully saturated rings. The summed E-state index contributed by atoms with van der Waals surface area (Å²) >= 11 is 3.49. The number of ether oxygens (including phenoxy) is 1. The van der Waals surface area contributed by atoms with Crippen molar-refractivity contribution in [3.05, 3.63) is 34.4 Å². The lowest BCUT2D eigenvalue weighted by Gasteiger charge is -2.01. The number of halogens is 1. The van der Waals surface area contributed by atoms with Gasteiger partial charge >= 0.3 is 5.97 Å². The smallest absolute Gasteiger partial charge is 0.306 e. The first-order valence-electron chi connectivity index (χ1n) is 5.63. The summed E-state index contributed by atoms with van der Waals surface area (Å²) in [7, 11) is 0. The van der Waals surface area contributed by atoms with E-state index in [1.165, 1.54) is 0 Å². The number of carbonyl (C=O) groups is 1. The molecule has 2 aromatic rings. The molecule has 17 heavy (non-hydrogen) atoms. The van der Waals surface area contributed by atoms with Crippen molar-refractivity contribution in [2.24, 2.45) is 0 Å². The largest absolute Gasteiger partial charge is 0.466 e. The first-order chi connectivity index (χ1) is 8.22.